The Morgan fingerprint density at radius 2 is 0.484 bits per heavy atom. The Morgan fingerprint density at radius 1 is 0.274 bits per heavy atom. The summed E-state index contributed by atoms with van der Waals surface area (Å²) in [4.78, 5) is 18.0. The summed E-state index contributed by atoms with van der Waals surface area (Å²) in [5.74, 6) is 3.75. The Morgan fingerprint density at radius 3 is 0.694 bits per heavy atom. The minimum atomic E-state index is 0.635. The third kappa shape index (κ3) is 25.0. The summed E-state index contributed by atoms with van der Waals surface area (Å²) in [6.45, 7) is 63.8. The van der Waals surface area contributed by atoms with Gasteiger partial charge in [0.1, 0.15) is 0 Å². The summed E-state index contributed by atoms with van der Waals surface area (Å²) in [6.07, 6.45) is 9.61. The SMILES string of the molecule is CC(C)C1CCN(C(C)C)CC1.CC(C)C1CCN(C(C)C)CC1.CC(C)N1CCCN(C(C)C)CC1.CC(C)N1CCN(C(C)C)CC1.CC(C)NC1CCN(C(C)C)CC1. The van der Waals surface area contributed by atoms with E-state index < -0.39 is 0 Å². The molecule has 62 heavy (non-hydrogen) atoms. The van der Waals surface area contributed by atoms with Gasteiger partial charge < -0.3 is 20.0 Å². The van der Waals surface area contributed by atoms with Gasteiger partial charge in [0, 0.05) is 93.6 Å². The largest absolute Gasteiger partial charge is 0.312 e. The predicted octanol–water partition coefficient (Wildman–Crippen LogP) is 10.6. The molecule has 0 unspecified atom stereocenters. The van der Waals surface area contributed by atoms with Crippen molar-refractivity contribution in [1.29, 1.82) is 0 Å². The van der Waals surface area contributed by atoms with Gasteiger partial charge in [-0.3, -0.25) is 19.6 Å². The zero-order valence-electron chi connectivity index (χ0n) is 46.0. The summed E-state index contributed by atoms with van der Waals surface area (Å²) in [5, 5.41) is 3.61. The summed E-state index contributed by atoms with van der Waals surface area (Å²) < 4.78 is 0. The van der Waals surface area contributed by atoms with Gasteiger partial charge in [-0.1, -0.05) is 41.5 Å². The van der Waals surface area contributed by atoms with Crippen molar-refractivity contribution in [2.24, 2.45) is 23.7 Å². The molecule has 0 atom stereocenters. The van der Waals surface area contributed by atoms with Crippen LogP contribution in [-0.4, -0.2) is 180 Å². The maximum absolute atomic E-state index is 3.61. The van der Waals surface area contributed by atoms with Gasteiger partial charge in [0.05, 0.1) is 0 Å². The molecular formula is C54H116N8. The summed E-state index contributed by atoms with van der Waals surface area (Å²) in [6, 6.07) is 6.49. The minimum Gasteiger partial charge on any atom is -0.312 e. The van der Waals surface area contributed by atoms with Crippen LogP contribution in [0.3, 0.4) is 0 Å². The van der Waals surface area contributed by atoms with Crippen molar-refractivity contribution in [2.45, 2.75) is 238 Å². The van der Waals surface area contributed by atoms with Gasteiger partial charge in [-0.2, -0.15) is 0 Å². The molecule has 0 aromatic heterocycles. The lowest BCUT2D eigenvalue weighted by atomic mass is 9.86. The van der Waals surface area contributed by atoms with Crippen LogP contribution in [-0.2, 0) is 0 Å². The van der Waals surface area contributed by atoms with Gasteiger partial charge in [-0.25, -0.2) is 0 Å². The molecule has 0 bridgehead atoms. The van der Waals surface area contributed by atoms with Gasteiger partial charge in [0.2, 0.25) is 0 Å². The number of hydrogen-bond donors (Lipinski definition) is 1. The fraction of sp³-hybridized carbons (Fsp3) is 1.00. The van der Waals surface area contributed by atoms with Crippen molar-refractivity contribution in [3.8, 4) is 0 Å². The Balaban J connectivity index is 0.000000388. The Bertz CT molecular complexity index is 885. The summed E-state index contributed by atoms with van der Waals surface area (Å²) in [7, 11) is 0. The van der Waals surface area contributed by atoms with Crippen LogP contribution in [0.15, 0.2) is 0 Å². The fourth-order valence-electron chi connectivity index (χ4n) is 10.0. The number of nitrogens with one attached hydrogen (secondary N) is 1. The Hall–Kier alpha value is -0.320. The molecule has 0 amide bonds. The molecule has 5 heterocycles. The number of likely N-dealkylation sites (tertiary alicyclic amines) is 3. The fourth-order valence-corrected chi connectivity index (χ4v) is 10.0. The Labute approximate surface area is 391 Å². The molecule has 1 N–H and O–H groups in total. The van der Waals surface area contributed by atoms with Gasteiger partial charge in [0.25, 0.3) is 0 Å². The van der Waals surface area contributed by atoms with Crippen molar-refractivity contribution in [3.63, 3.8) is 0 Å². The molecule has 0 aromatic rings. The van der Waals surface area contributed by atoms with Crippen molar-refractivity contribution < 1.29 is 0 Å². The van der Waals surface area contributed by atoms with Crippen LogP contribution in [0.2, 0.25) is 0 Å². The van der Waals surface area contributed by atoms with Gasteiger partial charge >= 0.3 is 0 Å². The molecule has 5 aliphatic heterocycles. The molecule has 0 radical (unpaired) electrons. The first-order valence-corrected chi connectivity index (χ1v) is 27.0. The van der Waals surface area contributed by atoms with Crippen LogP contribution in [0.4, 0.5) is 0 Å². The maximum atomic E-state index is 3.61. The number of piperazine rings is 1. The average Bonchev–Trinajstić information content (AvgIpc) is 3.49. The van der Waals surface area contributed by atoms with E-state index >= 15 is 0 Å². The summed E-state index contributed by atoms with van der Waals surface area (Å²) in [5.41, 5.74) is 0. The molecule has 5 saturated heterocycles. The average molecular weight is 878 g/mol. The molecule has 8 heteroatoms. The van der Waals surface area contributed by atoms with E-state index in [1.807, 2.05) is 0 Å². The molecule has 0 aliphatic carbocycles. The third-order valence-corrected chi connectivity index (χ3v) is 15.2. The molecule has 0 saturated carbocycles. The molecule has 0 aromatic carbocycles. The first-order chi connectivity index (χ1) is 29.0. The normalized spacial score (nSPS) is 22.4. The highest BCUT2D eigenvalue weighted by Crippen LogP contribution is 2.26. The molecular weight excluding hydrogens is 761 g/mol. The summed E-state index contributed by atoms with van der Waals surface area (Å²) >= 11 is 0. The zero-order valence-corrected chi connectivity index (χ0v) is 46.0. The van der Waals surface area contributed by atoms with Crippen molar-refractivity contribution in [1.82, 2.24) is 39.6 Å². The van der Waals surface area contributed by atoms with E-state index in [4.69, 9.17) is 0 Å². The van der Waals surface area contributed by atoms with Crippen LogP contribution >= 0.6 is 0 Å². The zero-order chi connectivity index (χ0) is 47.1. The van der Waals surface area contributed by atoms with Crippen molar-refractivity contribution in [2.75, 3.05) is 91.6 Å². The monoisotopic (exact) mass is 877 g/mol. The molecule has 5 aliphatic rings. The molecule has 8 nitrogen and oxygen atoms in total. The van der Waals surface area contributed by atoms with E-state index in [0.29, 0.717) is 18.1 Å². The topological polar surface area (TPSA) is 34.7 Å². The second kappa shape index (κ2) is 32.4. The van der Waals surface area contributed by atoms with Crippen molar-refractivity contribution >= 4 is 0 Å². The van der Waals surface area contributed by atoms with E-state index in [1.54, 1.807) is 0 Å². The predicted molar refractivity (Wildman–Crippen MR) is 278 cm³/mol. The van der Waals surface area contributed by atoms with Crippen LogP contribution in [0.1, 0.15) is 183 Å². The lowest BCUT2D eigenvalue weighted by Crippen LogP contribution is -2.50. The van der Waals surface area contributed by atoms with E-state index in [2.05, 4.69) is 178 Å². The maximum Gasteiger partial charge on any atom is 0.0113 e. The van der Waals surface area contributed by atoms with Crippen LogP contribution in [0.5, 0.6) is 0 Å². The van der Waals surface area contributed by atoms with E-state index in [9.17, 15) is 0 Å². The quantitative estimate of drug-likeness (QED) is 0.220. The number of piperidine rings is 3. The van der Waals surface area contributed by atoms with Gasteiger partial charge in [-0.15, -0.1) is 0 Å². The molecule has 372 valence electrons. The third-order valence-electron chi connectivity index (χ3n) is 15.2. The van der Waals surface area contributed by atoms with Gasteiger partial charge in [-0.05, 0) is 218 Å². The smallest absolute Gasteiger partial charge is 0.0113 e. The highest BCUT2D eigenvalue weighted by Gasteiger charge is 2.25. The van der Waals surface area contributed by atoms with Gasteiger partial charge in [0.15, 0.2) is 0 Å². The molecule has 5 fully saturated rings. The molecule has 5 rings (SSSR count). The van der Waals surface area contributed by atoms with Crippen LogP contribution < -0.4 is 5.32 Å². The Kier molecular flexibility index (Phi) is 31.2. The number of rotatable bonds is 11. The number of nitrogens with zero attached hydrogens (tertiary/aromatic N) is 7. The van der Waals surface area contributed by atoms with E-state index in [1.165, 1.54) is 137 Å². The lowest BCUT2D eigenvalue weighted by molar-refractivity contribution is 0.0887. The standard InChI is InChI=1S/2C11H24N2.2C11H23N.C10H22N2/c1-9(2)12-11-5-7-13(8-6-11)10(3)4;1-10(2)12-6-5-7-13(9-8-12)11(3)4;3*1-9(2)11-5-7-12(8-6-11)10(3)4/h9-12H,5-8H2,1-4H3;10-11H,5-9H2,1-4H3;2*9-11H,5-8H2,1-4H3;9-10H,5-8H2,1-4H3. The van der Waals surface area contributed by atoms with Crippen LogP contribution in [0, 0.1) is 23.7 Å². The first-order valence-electron chi connectivity index (χ1n) is 27.0. The van der Waals surface area contributed by atoms with E-state index in [0.717, 1.165) is 59.9 Å². The van der Waals surface area contributed by atoms with Crippen LogP contribution in [0.25, 0.3) is 0 Å². The second-order valence-corrected chi connectivity index (χ2v) is 23.0. The number of hydrogen-bond acceptors (Lipinski definition) is 8. The highest BCUT2D eigenvalue weighted by molar-refractivity contribution is 4.81. The highest BCUT2D eigenvalue weighted by atomic mass is 15.3. The second-order valence-electron chi connectivity index (χ2n) is 23.0. The minimum absolute atomic E-state index is 0.635. The lowest BCUT2D eigenvalue weighted by Gasteiger charge is -2.38. The first kappa shape index (κ1) is 59.7. The van der Waals surface area contributed by atoms with E-state index in [-0.39, 0.29) is 0 Å². The van der Waals surface area contributed by atoms with Crippen molar-refractivity contribution in [3.05, 3.63) is 0 Å². The molecule has 0 spiro atoms.